The lowest BCUT2D eigenvalue weighted by atomic mass is 9.98. The Kier molecular flexibility index (Phi) is 5.06. The quantitative estimate of drug-likeness (QED) is 0.864. The van der Waals surface area contributed by atoms with Crippen LogP contribution in [0.5, 0.6) is 0 Å². The van der Waals surface area contributed by atoms with Crippen LogP contribution < -0.4 is 0 Å². The Labute approximate surface area is 141 Å². The van der Waals surface area contributed by atoms with E-state index in [4.69, 9.17) is 4.98 Å². The molecule has 4 nitrogen and oxygen atoms in total. The smallest absolute Gasteiger partial charge is 0.227 e. The van der Waals surface area contributed by atoms with Gasteiger partial charge in [-0.25, -0.2) is 4.98 Å². The topological polar surface area (TPSA) is 46.1 Å². The maximum absolute atomic E-state index is 12.6. The van der Waals surface area contributed by atoms with Gasteiger partial charge in [0.2, 0.25) is 5.91 Å². The molecule has 1 aliphatic rings. The van der Waals surface area contributed by atoms with Crippen molar-refractivity contribution in [3.63, 3.8) is 0 Å². The summed E-state index contributed by atoms with van der Waals surface area (Å²) in [6, 6.07) is 3.96. The first-order valence-electron chi connectivity index (χ1n) is 8.29. The average molecular weight is 329 g/mol. The highest BCUT2D eigenvalue weighted by molar-refractivity contribution is 7.09. The summed E-state index contributed by atoms with van der Waals surface area (Å²) < 4.78 is 0. The van der Waals surface area contributed by atoms with Crippen LogP contribution in [0.2, 0.25) is 0 Å². The number of likely N-dealkylation sites (tertiary alicyclic amines) is 1. The number of pyridine rings is 1. The van der Waals surface area contributed by atoms with Gasteiger partial charge in [-0.05, 0) is 37.8 Å². The maximum atomic E-state index is 12.6. The van der Waals surface area contributed by atoms with E-state index in [-0.39, 0.29) is 5.91 Å². The number of amides is 1. The number of aromatic nitrogens is 2. The number of rotatable bonds is 4. The van der Waals surface area contributed by atoms with E-state index in [0.29, 0.717) is 12.3 Å². The first-order valence-corrected chi connectivity index (χ1v) is 9.17. The highest BCUT2D eigenvalue weighted by Crippen LogP contribution is 2.29. The molecule has 1 aliphatic heterocycles. The zero-order valence-electron chi connectivity index (χ0n) is 13.8. The number of carbonyl (C=O) groups is 1. The van der Waals surface area contributed by atoms with Crippen LogP contribution in [0.4, 0.5) is 0 Å². The predicted octanol–water partition coefficient (Wildman–Crippen LogP) is 3.36. The molecule has 1 amide bonds. The minimum Gasteiger partial charge on any atom is -0.342 e. The number of aryl methyl sites for hydroxylation is 2. The van der Waals surface area contributed by atoms with Gasteiger partial charge >= 0.3 is 0 Å². The molecule has 2 aromatic rings. The SMILES string of the molecule is CCc1csc([C@H]2CCCN(C(=O)Cc3ccc(C)nc3)C2)n1. The van der Waals surface area contributed by atoms with Crippen molar-refractivity contribution in [1.82, 2.24) is 14.9 Å². The van der Waals surface area contributed by atoms with Crippen LogP contribution in [0.25, 0.3) is 0 Å². The van der Waals surface area contributed by atoms with Crippen LogP contribution in [0.1, 0.15) is 47.6 Å². The van der Waals surface area contributed by atoms with Crippen LogP contribution >= 0.6 is 11.3 Å². The van der Waals surface area contributed by atoms with Gasteiger partial charge in [-0.2, -0.15) is 0 Å². The summed E-state index contributed by atoms with van der Waals surface area (Å²) >= 11 is 1.74. The molecule has 0 aliphatic carbocycles. The number of nitrogens with zero attached hydrogens (tertiary/aromatic N) is 3. The monoisotopic (exact) mass is 329 g/mol. The van der Waals surface area contributed by atoms with Crippen molar-refractivity contribution in [2.45, 2.75) is 45.4 Å². The molecular weight excluding hydrogens is 306 g/mol. The van der Waals surface area contributed by atoms with E-state index < -0.39 is 0 Å². The molecule has 0 radical (unpaired) electrons. The molecule has 1 saturated heterocycles. The third kappa shape index (κ3) is 3.96. The summed E-state index contributed by atoms with van der Waals surface area (Å²) in [4.78, 5) is 23.6. The lowest BCUT2D eigenvalue weighted by Crippen LogP contribution is -2.39. The summed E-state index contributed by atoms with van der Waals surface area (Å²) in [5.41, 5.74) is 3.14. The fourth-order valence-electron chi connectivity index (χ4n) is 2.97. The summed E-state index contributed by atoms with van der Waals surface area (Å²) in [5, 5.41) is 3.34. The van der Waals surface area contributed by atoms with Crippen molar-refractivity contribution in [3.05, 3.63) is 45.7 Å². The molecule has 3 rings (SSSR count). The second-order valence-corrected chi connectivity index (χ2v) is 7.08. The Hall–Kier alpha value is -1.75. The van der Waals surface area contributed by atoms with E-state index in [0.717, 1.165) is 43.6 Å². The summed E-state index contributed by atoms with van der Waals surface area (Å²) in [6.07, 6.45) is 5.42. The molecule has 3 heterocycles. The number of thiazole rings is 1. The second kappa shape index (κ2) is 7.21. The van der Waals surface area contributed by atoms with Gasteiger partial charge in [0.25, 0.3) is 0 Å². The van der Waals surface area contributed by atoms with Crippen molar-refractivity contribution in [2.75, 3.05) is 13.1 Å². The second-order valence-electron chi connectivity index (χ2n) is 6.19. The molecule has 2 aromatic heterocycles. The lowest BCUT2D eigenvalue weighted by Gasteiger charge is -2.32. The minimum absolute atomic E-state index is 0.202. The largest absolute Gasteiger partial charge is 0.342 e. The van der Waals surface area contributed by atoms with E-state index in [1.54, 1.807) is 11.3 Å². The molecular formula is C18H23N3OS. The molecule has 1 fully saturated rings. The highest BCUT2D eigenvalue weighted by atomic mass is 32.1. The van der Waals surface area contributed by atoms with Crippen molar-refractivity contribution in [2.24, 2.45) is 0 Å². The zero-order chi connectivity index (χ0) is 16.2. The zero-order valence-corrected chi connectivity index (χ0v) is 14.6. The summed E-state index contributed by atoms with van der Waals surface area (Å²) in [6.45, 7) is 5.75. The van der Waals surface area contributed by atoms with Crippen LogP contribution in [-0.2, 0) is 17.6 Å². The number of hydrogen-bond donors (Lipinski definition) is 0. The van der Waals surface area contributed by atoms with E-state index in [2.05, 4.69) is 17.3 Å². The van der Waals surface area contributed by atoms with Crippen LogP contribution in [0, 0.1) is 6.92 Å². The maximum Gasteiger partial charge on any atom is 0.227 e. The molecule has 5 heteroatoms. The van der Waals surface area contributed by atoms with Crippen molar-refractivity contribution in [3.8, 4) is 0 Å². The van der Waals surface area contributed by atoms with Gasteiger partial charge in [-0.1, -0.05) is 13.0 Å². The number of piperidine rings is 1. The minimum atomic E-state index is 0.202. The molecule has 0 N–H and O–H groups in total. The van der Waals surface area contributed by atoms with E-state index in [1.807, 2.05) is 30.2 Å². The number of hydrogen-bond acceptors (Lipinski definition) is 4. The fraction of sp³-hybridized carbons (Fsp3) is 0.500. The summed E-state index contributed by atoms with van der Waals surface area (Å²) in [5.74, 6) is 0.599. The van der Waals surface area contributed by atoms with E-state index in [1.165, 1.54) is 10.7 Å². The van der Waals surface area contributed by atoms with Gasteiger partial charge in [0.05, 0.1) is 17.1 Å². The molecule has 0 saturated carbocycles. The molecule has 23 heavy (non-hydrogen) atoms. The summed E-state index contributed by atoms with van der Waals surface area (Å²) in [7, 11) is 0. The molecule has 0 aromatic carbocycles. The molecule has 1 atom stereocenters. The van der Waals surface area contributed by atoms with Gasteiger partial charge in [0, 0.05) is 36.3 Å². The Morgan fingerprint density at radius 1 is 1.43 bits per heavy atom. The molecule has 0 bridgehead atoms. The van der Waals surface area contributed by atoms with Gasteiger partial charge < -0.3 is 4.90 Å². The Morgan fingerprint density at radius 3 is 3.00 bits per heavy atom. The van der Waals surface area contributed by atoms with E-state index >= 15 is 0 Å². The molecule has 122 valence electrons. The van der Waals surface area contributed by atoms with Gasteiger partial charge in [-0.3, -0.25) is 9.78 Å². The standard InChI is InChI=1S/C18H23N3OS/c1-3-16-12-23-18(20-16)15-5-4-8-21(11-15)17(22)9-14-7-6-13(2)19-10-14/h6-7,10,12,15H,3-5,8-9,11H2,1-2H3/t15-/m0/s1. The third-order valence-electron chi connectivity index (χ3n) is 4.38. The fourth-order valence-corrected chi connectivity index (χ4v) is 4.00. The number of carbonyl (C=O) groups excluding carboxylic acids is 1. The van der Waals surface area contributed by atoms with Crippen molar-refractivity contribution in [1.29, 1.82) is 0 Å². The Morgan fingerprint density at radius 2 is 2.30 bits per heavy atom. The first kappa shape index (κ1) is 16.1. The molecule has 0 spiro atoms. The Bertz CT molecular complexity index is 665. The highest BCUT2D eigenvalue weighted by Gasteiger charge is 2.26. The van der Waals surface area contributed by atoms with Crippen LogP contribution in [0.15, 0.2) is 23.7 Å². The van der Waals surface area contributed by atoms with Crippen molar-refractivity contribution >= 4 is 17.2 Å². The van der Waals surface area contributed by atoms with E-state index in [9.17, 15) is 4.79 Å². The Balaban J connectivity index is 1.63. The van der Waals surface area contributed by atoms with Crippen LogP contribution in [-0.4, -0.2) is 33.9 Å². The first-order chi connectivity index (χ1) is 11.2. The predicted molar refractivity (Wildman–Crippen MR) is 92.7 cm³/mol. The third-order valence-corrected chi connectivity index (χ3v) is 5.44. The van der Waals surface area contributed by atoms with Crippen LogP contribution in [0.3, 0.4) is 0 Å². The lowest BCUT2D eigenvalue weighted by molar-refractivity contribution is -0.131. The van der Waals surface area contributed by atoms with Gasteiger partial charge in [0.15, 0.2) is 0 Å². The average Bonchev–Trinajstić information content (AvgIpc) is 3.06. The van der Waals surface area contributed by atoms with Crippen molar-refractivity contribution < 1.29 is 4.79 Å². The molecule has 0 unspecified atom stereocenters. The normalized spacial score (nSPS) is 18.2. The van der Waals surface area contributed by atoms with Gasteiger partial charge in [0.1, 0.15) is 0 Å². The van der Waals surface area contributed by atoms with Gasteiger partial charge in [-0.15, -0.1) is 11.3 Å².